The first-order valence-electron chi connectivity index (χ1n) is 7.14. The van der Waals surface area contributed by atoms with E-state index in [4.69, 9.17) is 9.84 Å². The minimum absolute atomic E-state index is 0.274. The van der Waals surface area contributed by atoms with Gasteiger partial charge in [0.15, 0.2) is 11.6 Å². The Morgan fingerprint density at radius 2 is 2.00 bits per heavy atom. The van der Waals surface area contributed by atoms with Crippen LogP contribution in [0.5, 0.6) is 5.75 Å². The molecule has 1 aliphatic heterocycles. The number of nitrogens with zero attached hydrogens (tertiary/aromatic N) is 2. The minimum Gasteiger partial charge on any atom is -0.489 e. The van der Waals surface area contributed by atoms with Gasteiger partial charge in [-0.1, -0.05) is 12.1 Å². The van der Waals surface area contributed by atoms with Crippen molar-refractivity contribution in [3.63, 3.8) is 0 Å². The molecule has 116 valence electrons. The van der Waals surface area contributed by atoms with Crippen LogP contribution in [0.2, 0.25) is 0 Å². The van der Waals surface area contributed by atoms with Gasteiger partial charge in [-0.3, -0.25) is 14.6 Å². The van der Waals surface area contributed by atoms with Crippen molar-refractivity contribution in [2.75, 3.05) is 39.3 Å². The van der Waals surface area contributed by atoms with Gasteiger partial charge >= 0.3 is 5.97 Å². The lowest BCUT2D eigenvalue weighted by Crippen LogP contribution is -2.52. The first-order chi connectivity index (χ1) is 10.1. The zero-order valence-corrected chi connectivity index (χ0v) is 12.2. The van der Waals surface area contributed by atoms with E-state index >= 15 is 0 Å². The molecule has 0 bridgehead atoms. The largest absolute Gasteiger partial charge is 0.489 e. The van der Waals surface area contributed by atoms with E-state index in [0.29, 0.717) is 13.2 Å². The second-order valence-corrected chi connectivity index (χ2v) is 5.17. The lowest BCUT2D eigenvalue weighted by Gasteiger charge is -2.36. The first kappa shape index (κ1) is 15.7. The van der Waals surface area contributed by atoms with E-state index in [1.165, 1.54) is 6.07 Å². The summed E-state index contributed by atoms with van der Waals surface area (Å²) in [4.78, 5) is 15.1. The van der Waals surface area contributed by atoms with Crippen LogP contribution in [-0.4, -0.2) is 66.2 Å². The topological polar surface area (TPSA) is 53.0 Å². The van der Waals surface area contributed by atoms with Gasteiger partial charge in [0.05, 0.1) is 0 Å². The van der Waals surface area contributed by atoms with Gasteiger partial charge < -0.3 is 9.84 Å². The predicted octanol–water partition coefficient (Wildman–Crippen LogP) is 1.30. The molecule has 0 saturated carbocycles. The van der Waals surface area contributed by atoms with E-state index in [1.54, 1.807) is 25.1 Å². The van der Waals surface area contributed by atoms with Crippen LogP contribution in [0, 0.1) is 5.82 Å². The van der Waals surface area contributed by atoms with Gasteiger partial charge in [0, 0.05) is 32.7 Å². The van der Waals surface area contributed by atoms with Crippen LogP contribution in [0.4, 0.5) is 4.39 Å². The van der Waals surface area contributed by atoms with Crippen molar-refractivity contribution < 1.29 is 19.0 Å². The van der Waals surface area contributed by atoms with Crippen LogP contribution >= 0.6 is 0 Å². The van der Waals surface area contributed by atoms with Crippen LogP contribution in [0.1, 0.15) is 6.92 Å². The highest BCUT2D eigenvalue weighted by molar-refractivity contribution is 5.72. The standard InChI is InChI=1S/C15H21FN2O3/c1-12(15(19)20)18-8-6-17(7-9-18)10-11-21-14-5-3-2-4-13(14)16/h2-5,12H,6-11H2,1H3,(H,19,20). The Labute approximate surface area is 123 Å². The third kappa shape index (κ3) is 4.41. The average molecular weight is 296 g/mol. The Morgan fingerprint density at radius 1 is 1.33 bits per heavy atom. The van der Waals surface area contributed by atoms with Crippen LogP contribution in [0.15, 0.2) is 24.3 Å². The van der Waals surface area contributed by atoms with E-state index in [9.17, 15) is 9.18 Å². The van der Waals surface area contributed by atoms with E-state index in [1.807, 2.05) is 4.90 Å². The number of rotatable bonds is 6. The summed E-state index contributed by atoms with van der Waals surface area (Å²) in [5.74, 6) is -0.862. The van der Waals surface area contributed by atoms with Crippen LogP contribution in [-0.2, 0) is 4.79 Å². The number of carboxylic acids is 1. The van der Waals surface area contributed by atoms with Crippen molar-refractivity contribution in [3.05, 3.63) is 30.1 Å². The number of ether oxygens (including phenoxy) is 1. The highest BCUT2D eigenvalue weighted by atomic mass is 19.1. The molecule has 1 aromatic rings. The quantitative estimate of drug-likeness (QED) is 0.857. The Bertz CT molecular complexity index is 476. The van der Waals surface area contributed by atoms with E-state index < -0.39 is 12.0 Å². The van der Waals surface area contributed by atoms with Gasteiger partial charge in [0.1, 0.15) is 12.6 Å². The summed E-state index contributed by atoms with van der Waals surface area (Å²) in [6.07, 6.45) is 0. The number of benzene rings is 1. The molecule has 0 aromatic heterocycles. The number of hydrogen-bond donors (Lipinski definition) is 1. The molecule has 2 rings (SSSR count). The maximum atomic E-state index is 13.4. The lowest BCUT2D eigenvalue weighted by atomic mass is 10.2. The molecule has 0 radical (unpaired) electrons. The Hall–Kier alpha value is -1.66. The van der Waals surface area contributed by atoms with Crippen molar-refractivity contribution in [1.82, 2.24) is 9.80 Å². The maximum absolute atomic E-state index is 13.4. The number of carboxylic acid groups (broad SMARTS) is 1. The summed E-state index contributed by atoms with van der Waals surface area (Å²) in [7, 11) is 0. The fourth-order valence-corrected chi connectivity index (χ4v) is 2.38. The molecule has 0 aliphatic carbocycles. The Morgan fingerprint density at radius 3 is 2.62 bits per heavy atom. The molecule has 1 aliphatic rings. The molecule has 0 amide bonds. The summed E-state index contributed by atoms with van der Waals surface area (Å²) >= 11 is 0. The zero-order chi connectivity index (χ0) is 15.2. The number of piperazine rings is 1. The molecule has 1 aromatic carbocycles. The van der Waals surface area contributed by atoms with E-state index in [2.05, 4.69) is 4.90 Å². The second-order valence-electron chi connectivity index (χ2n) is 5.17. The summed E-state index contributed by atoms with van der Waals surface area (Å²) in [6, 6.07) is 5.92. The predicted molar refractivity (Wildman–Crippen MR) is 77.0 cm³/mol. The summed E-state index contributed by atoms with van der Waals surface area (Å²) in [5.41, 5.74) is 0. The van der Waals surface area contributed by atoms with Crippen molar-refractivity contribution in [2.45, 2.75) is 13.0 Å². The average Bonchev–Trinajstić information content (AvgIpc) is 2.49. The first-order valence-corrected chi connectivity index (χ1v) is 7.14. The molecule has 1 N–H and O–H groups in total. The number of para-hydroxylation sites is 1. The number of hydrogen-bond acceptors (Lipinski definition) is 4. The highest BCUT2D eigenvalue weighted by Crippen LogP contribution is 2.15. The number of carbonyl (C=O) groups is 1. The van der Waals surface area contributed by atoms with Crippen molar-refractivity contribution in [3.8, 4) is 5.75 Å². The summed E-state index contributed by atoms with van der Waals surface area (Å²) in [5, 5.41) is 8.98. The summed E-state index contributed by atoms with van der Waals surface area (Å²) in [6.45, 7) is 5.91. The van der Waals surface area contributed by atoms with Gasteiger partial charge in [-0.25, -0.2) is 4.39 Å². The monoisotopic (exact) mass is 296 g/mol. The molecular weight excluding hydrogens is 275 g/mol. The lowest BCUT2D eigenvalue weighted by molar-refractivity contribution is -0.143. The van der Waals surface area contributed by atoms with E-state index in [0.717, 1.165) is 26.2 Å². The molecule has 1 heterocycles. The molecular formula is C15H21FN2O3. The SMILES string of the molecule is CC(C(=O)O)N1CCN(CCOc2ccccc2F)CC1. The molecule has 5 nitrogen and oxygen atoms in total. The third-order valence-electron chi connectivity index (χ3n) is 3.81. The fraction of sp³-hybridized carbons (Fsp3) is 0.533. The van der Waals surface area contributed by atoms with Crippen LogP contribution in [0.3, 0.4) is 0 Å². The minimum atomic E-state index is -0.786. The van der Waals surface area contributed by atoms with Crippen molar-refractivity contribution >= 4 is 5.97 Å². The smallest absolute Gasteiger partial charge is 0.320 e. The van der Waals surface area contributed by atoms with Gasteiger partial charge in [0.25, 0.3) is 0 Å². The third-order valence-corrected chi connectivity index (χ3v) is 3.81. The maximum Gasteiger partial charge on any atom is 0.320 e. The Balaban J connectivity index is 1.70. The van der Waals surface area contributed by atoms with Crippen LogP contribution in [0.25, 0.3) is 0 Å². The second kappa shape index (κ2) is 7.38. The number of aliphatic carboxylic acids is 1. The van der Waals surface area contributed by atoms with Gasteiger partial charge in [0.2, 0.25) is 0 Å². The molecule has 1 saturated heterocycles. The fourth-order valence-electron chi connectivity index (χ4n) is 2.38. The number of halogens is 1. The highest BCUT2D eigenvalue weighted by Gasteiger charge is 2.24. The van der Waals surface area contributed by atoms with E-state index in [-0.39, 0.29) is 11.6 Å². The Kier molecular flexibility index (Phi) is 5.52. The van der Waals surface area contributed by atoms with Gasteiger partial charge in [-0.15, -0.1) is 0 Å². The normalized spacial score (nSPS) is 18.4. The van der Waals surface area contributed by atoms with Gasteiger partial charge in [-0.2, -0.15) is 0 Å². The van der Waals surface area contributed by atoms with Crippen molar-refractivity contribution in [2.24, 2.45) is 0 Å². The molecule has 6 heteroatoms. The van der Waals surface area contributed by atoms with Crippen molar-refractivity contribution in [1.29, 1.82) is 0 Å². The molecule has 1 fully saturated rings. The zero-order valence-electron chi connectivity index (χ0n) is 12.2. The molecule has 1 unspecified atom stereocenters. The molecule has 1 atom stereocenters. The molecule has 21 heavy (non-hydrogen) atoms. The van der Waals surface area contributed by atoms with Gasteiger partial charge in [-0.05, 0) is 19.1 Å². The molecule has 0 spiro atoms. The summed E-state index contributed by atoms with van der Waals surface area (Å²) < 4.78 is 18.8. The van der Waals surface area contributed by atoms with Crippen LogP contribution < -0.4 is 4.74 Å².